The molecule has 31 heavy (non-hydrogen) atoms. The molecule has 0 bridgehead atoms. The fourth-order valence-electron chi connectivity index (χ4n) is 3.49. The summed E-state index contributed by atoms with van der Waals surface area (Å²) in [7, 11) is 0. The first kappa shape index (κ1) is 20.9. The van der Waals surface area contributed by atoms with Crippen molar-refractivity contribution in [3.63, 3.8) is 0 Å². The van der Waals surface area contributed by atoms with Gasteiger partial charge in [-0.3, -0.25) is 0 Å². The average molecular weight is 420 g/mol. The lowest BCUT2D eigenvalue weighted by molar-refractivity contribution is 0.105. The van der Waals surface area contributed by atoms with Crippen molar-refractivity contribution < 1.29 is 18.7 Å². The number of hydrogen-bond donors (Lipinski definition) is 1. The molecule has 6 heteroatoms. The monoisotopic (exact) mass is 420 g/mol. The minimum atomic E-state index is -0.269. The van der Waals surface area contributed by atoms with Crippen LogP contribution in [0.3, 0.4) is 0 Å². The first-order chi connectivity index (χ1) is 15.2. The van der Waals surface area contributed by atoms with Crippen molar-refractivity contribution in [2.75, 3.05) is 13.2 Å². The maximum Gasteiger partial charge on any atom is 0.318 e. The van der Waals surface area contributed by atoms with Crippen LogP contribution in [0.2, 0.25) is 0 Å². The molecular weight excluding hydrogens is 395 g/mol. The molecule has 4 rings (SSSR count). The molecule has 0 fully saturated rings. The Bertz CT molecular complexity index is 1030. The van der Waals surface area contributed by atoms with Gasteiger partial charge in [0.15, 0.2) is 0 Å². The third-order valence-corrected chi connectivity index (χ3v) is 5.16. The summed E-state index contributed by atoms with van der Waals surface area (Å²) in [5.74, 6) is 0.506. The summed E-state index contributed by atoms with van der Waals surface area (Å²) in [6.45, 7) is 2.43. The lowest BCUT2D eigenvalue weighted by Crippen LogP contribution is -2.40. The van der Waals surface area contributed by atoms with E-state index in [1.165, 1.54) is 6.07 Å². The number of amides is 2. The molecule has 160 valence electrons. The average Bonchev–Trinajstić information content (AvgIpc) is 3.01. The van der Waals surface area contributed by atoms with E-state index in [0.29, 0.717) is 38.4 Å². The van der Waals surface area contributed by atoms with Crippen molar-refractivity contribution in [2.24, 2.45) is 0 Å². The van der Waals surface area contributed by atoms with Gasteiger partial charge in [-0.25, -0.2) is 9.18 Å². The number of benzene rings is 3. The third-order valence-electron chi connectivity index (χ3n) is 5.16. The van der Waals surface area contributed by atoms with Gasteiger partial charge in [0.25, 0.3) is 0 Å². The van der Waals surface area contributed by atoms with E-state index >= 15 is 0 Å². The number of fused-ring (bicyclic) bond motifs is 1. The molecule has 2 amide bonds. The van der Waals surface area contributed by atoms with Crippen molar-refractivity contribution in [2.45, 2.75) is 26.3 Å². The van der Waals surface area contributed by atoms with Crippen LogP contribution in [0, 0.1) is 5.82 Å². The summed E-state index contributed by atoms with van der Waals surface area (Å²) < 4.78 is 25.3. The van der Waals surface area contributed by atoms with Gasteiger partial charge in [-0.15, -0.1) is 0 Å². The van der Waals surface area contributed by atoms with Gasteiger partial charge in [-0.1, -0.05) is 54.6 Å². The normalized spacial score (nSPS) is 13.1. The molecule has 0 radical (unpaired) electrons. The van der Waals surface area contributed by atoms with Gasteiger partial charge in [0.1, 0.15) is 18.2 Å². The van der Waals surface area contributed by atoms with Crippen LogP contribution >= 0.6 is 0 Å². The van der Waals surface area contributed by atoms with E-state index in [1.54, 1.807) is 23.1 Å². The maximum absolute atomic E-state index is 13.7. The number of rotatable bonds is 6. The zero-order valence-electron chi connectivity index (χ0n) is 17.2. The fraction of sp³-hybridized carbons (Fsp3) is 0.240. The molecule has 0 atom stereocenters. The van der Waals surface area contributed by atoms with Crippen LogP contribution < -0.4 is 10.1 Å². The summed E-state index contributed by atoms with van der Waals surface area (Å²) in [6.07, 6.45) is 0. The largest absolute Gasteiger partial charge is 0.491 e. The highest BCUT2D eigenvalue weighted by Gasteiger charge is 2.20. The molecule has 0 unspecified atom stereocenters. The van der Waals surface area contributed by atoms with E-state index in [0.717, 1.165) is 22.4 Å². The first-order valence-corrected chi connectivity index (χ1v) is 10.3. The molecule has 1 aliphatic rings. The number of hydrogen-bond acceptors (Lipinski definition) is 3. The highest BCUT2D eigenvalue weighted by molar-refractivity contribution is 5.74. The van der Waals surface area contributed by atoms with E-state index in [4.69, 9.17) is 9.47 Å². The molecule has 0 aliphatic carbocycles. The van der Waals surface area contributed by atoms with Gasteiger partial charge in [0.05, 0.1) is 26.3 Å². The number of halogens is 1. The highest BCUT2D eigenvalue weighted by atomic mass is 19.1. The van der Waals surface area contributed by atoms with Gasteiger partial charge in [0, 0.05) is 17.7 Å². The molecule has 0 saturated heterocycles. The zero-order chi connectivity index (χ0) is 21.5. The topological polar surface area (TPSA) is 50.8 Å². The summed E-state index contributed by atoms with van der Waals surface area (Å²) >= 11 is 0. The summed E-state index contributed by atoms with van der Waals surface area (Å²) in [4.78, 5) is 14.4. The maximum atomic E-state index is 13.7. The Kier molecular flexibility index (Phi) is 6.79. The second-order valence-electron chi connectivity index (χ2n) is 7.44. The van der Waals surface area contributed by atoms with Crippen molar-refractivity contribution in [3.05, 3.63) is 101 Å². The number of carbonyl (C=O) groups is 1. The van der Waals surface area contributed by atoms with Crippen LogP contribution in [0.5, 0.6) is 5.75 Å². The van der Waals surface area contributed by atoms with Crippen LogP contribution in [0.4, 0.5) is 9.18 Å². The second-order valence-corrected chi connectivity index (χ2v) is 7.44. The number of carbonyl (C=O) groups excluding carboxylic acids is 1. The van der Waals surface area contributed by atoms with Gasteiger partial charge >= 0.3 is 6.03 Å². The minimum absolute atomic E-state index is 0.124. The van der Waals surface area contributed by atoms with E-state index in [-0.39, 0.29) is 18.5 Å². The van der Waals surface area contributed by atoms with Crippen LogP contribution in [-0.4, -0.2) is 24.1 Å². The predicted molar refractivity (Wildman–Crippen MR) is 116 cm³/mol. The van der Waals surface area contributed by atoms with Gasteiger partial charge in [-0.2, -0.15) is 0 Å². The Balaban J connectivity index is 1.36. The summed E-state index contributed by atoms with van der Waals surface area (Å²) in [6, 6.07) is 22.1. The Morgan fingerprint density at radius 1 is 1.00 bits per heavy atom. The van der Waals surface area contributed by atoms with E-state index in [1.807, 2.05) is 48.5 Å². The molecule has 5 nitrogen and oxygen atoms in total. The third kappa shape index (κ3) is 5.61. The molecular formula is C25H25FN2O3. The SMILES string of the molecule is O=C(NCc1ccccc1)N1CCOc2ccc(COCc3ccccc3F)cc2C1. The number of nitrogens with one attached hydrogen (secondary N) is 1. The molecule has 3 aromatic rings. The second kappa shape index (κ2) is 10.1. The molecule has 1 heterocycles. The van der Waals surface area contributed by atoms with Crippen molar-refractivity contribution in [3.8, 4) is 5.75 Å². The highest BCUT2D eigenvalue weighted by Crippen LogP contribution is 2.25. The molecule has 1 N–H and O–H groups in total. The van der Waals surface area contributed by atoms with E-state index in [2.05, 4.69) is 5.32 Å². The molecule has 1 aliphatic heterocycles. The van der Waals surface area contributed by atoms with Crippen LogP contribution in [0.1, 0.15) is 22.3 Å². The summed E-state index contributed by atoms with van der Waals surface area (Å²) in [5.41, 5.74) is 3.46. The van der Waals surface area contributed by atoms with Gasteiger partial charge < -0.3 is 19.7 Å². The molecule has 0 aromatic heterocycles. The zero-order valence-corrected chi connectivity index (χ0v) is 17.2. The Labute approximate surface area is 181 Å². The predicted octanol–water partition coefficient (Wildman–Crippen LogP) is 4.65. The molecule has 0 spiro atoms. The lowest BCUT2D eigenvalue weighted by atomic mass is 10.1. The van der Waals surface area contributed by atoms with Crippen LogP contribution in [-0.2, 0) is 31.0 Å². The Morgan fingerprint density at radius 3 is 2.65 bits per heavy atom. The van der Waals surface area contributed by atoms with Gasteiger partial charge in [0.2, 0.25) is 0 Å². The number of ether oxygens (including phenoxy) is 2. The van der Waals surface area contributed by atoms with Crippen molar-refractivity contribution in [1.29, 1.82) is 0 Å². The van der Waals surface area contributed by atoms with Crippen LogP contribution in [0.25, 0.3) is 0 Å². The fourth-order valence-corrected chi connectivity index (χ4v) is 3.49. The van der Waals surface area contributed by atoms with E-state index < -0.39 is 0 Å². The van der Waals surface area contributed by atoms with Crippen molar-refractivity contribution in [1.82, 2.24) is 10.2 Å². The molecule has 0 saturated carbocycles. The quantitative estimate of drug-likeness (QED) is 0.632. The number of urea groups is 1. The standard InChI is InChI=1S/C25H25FN2O3/c26-23-9-5-4-8-21(23)18-30-17-20-10-11-24-22(14-20)16-28(12-13-31-24)25(29)27-15-19-6-2-1-3-7-19/h1-11,14H,12-13,15-18H2,(H,27,29). The van der Waals surface area contributed by atoms with Crippen molar-refractivity contribution >= 4 is 6.03 Å². The van der Waals surface area contributed by atoms with E-state index in [9.17, 15) is 9.18 Å². The first-order valence-electron chi connectivity index (χ1n) is 10.3. The number of nitrogens with zero attached hydrogens (tertiary/aromatic N) is 1. The Hall–Kier alpha value is -3.38. The minimum Gasteiger partial charge on any atom is -0.491 e. The van der Waals surface area contributed by atoms with Gasteiger partial charge in [-0.05, 0) is 29.3 Å². The molecule has 3 aromatic carbocycles. The smallest absolute Gasteiger partial charge is 0.318 e. The Morgan fingerprint density at radius 2 is 1.81 bits per heavy atom. The summed E-state index contributed by atoms with van der Waals surface area (Å²) in [5, 5.41) is 2.97. The lowest BCUT2D eigenvalue weighted by Gasteiger charge is -2.20. The van der Waals surface area contributed by atoms with Crippen LogP contribution in [0.15, 0.2) is 72.8 Å².